The number of aromatic carboxylic acids is 1. The summed E-state index contributed by atoms with van der Waals surface area (Å²) in [5.74, 6) is -0.931. The third kappa shape index (κ3) is 2.67. The Bertz CT molecular complexity index is 250. The predicted molar refractivity (Wildman–Crippen MR) is 38.9 cm³/mol. The fraction of sp³-hybridized carbons (Fsp3) is 0. The van der Waals surface area contributed by atoms with E-state index >= 15 is 0 Å². The maximum Gasteiger partial charge on any atom is 1.00 e. The summed E-state index contributed by atoms with van der Waals surface area (Å²) in [6, 6.07) is 6.06. The van der Waals surface area contributed by atoms with E-state index in [4.69, 9.17) is 10.8 Å². The van der Waals surface area contributed by atoms with Crippen molar-refractivity contribution >= 4 is 11.7 Å². The van der Waals surface area contributed by atoms with Crippen molar-refractivity contribution in [2.75, 3.05) is 5.73 Å². The molecule has 0 aromatic heterocycles. The van der Waals surface area contributed by atoms with Gasteiger partial charge in [-0.1, -0.05) is 0 Å². The summed E-state index contributed by atoms with van der Waals surface area (Å²) in [6.07, 6.45) is 0. The second-order valence-electron chi connectivity index (χ2n) is 1.93. The first kappa shape index (κ1) is 10.1. The van der Waals surface area contributed by atoms with E-state index in [1.165, 1.54) is 12.1 Å². The Morgan fingerprint density at radius 2 is 1.82 bits per heavy atom. The minimum absolute atomic E-state index is 0. The smallest absolute Gasteiger partial charge is 1.00 e. The van der Waals surface area contributed by atoms with E-state index in [1.807, 2.05) is 0 Å². The molecule has 0 radical (unpaired) electrons. The van der Waals surface area contributed by atoms with Crippen molar-refractivity contribution in [2.45, 2.75) is 0 Å². The molecule has 0 saturated heterocycles. The van der Waals surface area contributed by atoms with Gasteiger partial charge in [-0.05, 0) is 24.3 Å². The third-order valence-corrected chi connectivity index (χ3v) is 1.16. The minimum Gasteiger partial charge on any atom is -1.00 e. The number of benzene rings is 1. The van der Waals surface area contributed by atoms with Crippen LogP contribution in [0.3, 0.4) is 0 Å². The zero-order valence-corrected chi connectivity index (χ0v) is 6.24. The van der Waals surface area contributed by atoms with Gasteiger partial charge < -0.3 is 12.3 Å². The Kier molecular flexibility index (Phi) is 3.73. The molecule has 0 atom stereocenters. The van der Waals surface area contributed by atoms with E-state index in [-0.39, 0.29) is 25.9 Å². The van der Waals surface area contributed by atoms with Crippen LogP contribution in [0.2, 0.25) is 0 Å². The molecule has 0 spiro atoms. The van der Waals surface area contributed by atoms with E-state index in [0.717, 1.165) is 0 Å². The summed E-state index contributed by atoms with van der Waals surface area (Å²) in [6.45, 7) is 0. The molecule has 0 heterocycles. The molecule has 4 heteroatoms. The summed E-state index contributed by atoms with van der Waals surface area (Å²) < 4.78 is 0. The summed E-state index contributed by atoms with van der Waals surface area (Å²) in [5.41, 5.74) is 6.17. The van der Waals surface area contributed by atoms with Crippen LogP contribution < -0.4 is 24.6 Å². The van der Waals surface area contributed by atoms with E-state index < -0.39 is 5.97 Å². The van der Waals surface area contributed by atoms with Crippen molar-refractivity contribution < 1.29 is 30.2 Å². The Morgan fingerprint density at radius 3 is 2.18 bits per heavy atom. The second-order valence-corrected chi connectivity index (χ2v) is 1.93. The zero-order valence-electron chi connectivity index (χ0n) is 7.24. The van der Waals surface area contributed by atoms with Crippen molar-refractivity contribution in [1.29, 1.82) is 0 Å². The maximum atomic E-state index is 10.3. The van der Waals surface area contributed by atoms with Gasteiger partial charge in [0.2, 0.25) is 0 Å². The Balaban J connectivity index is 0. The molecular formula is C7H8LiNO2. The van der Waals surface area contributed by atoms with Gasteiger partial charge in [0.15, 0.2) is 0 Å². The number of carboxylic acids is 1. The van der Waals surface area contributed by atoms with Crippen LogP contribution in [0.25, 0.3) is 0 Å². The largest absolute Gasteiger partial charge is 1.00 e. The number of carboxylic acid groups (broad SMARTS) is 1. The molecule has 0 unspecified atom stereocenters. The van der Waals surface area contributed by atoms with Crippen LogP contribution in [0.5, 0.6) is 0 Å². The number of rotatable bonds is 1. The molecule has 0 fully saturated rings. The van der Waals surface area contributed by atoms with Crippen LogP contribution >= 0.6 is 0 Å². The van der Waals surface area contributed by atoms with Gasteiger partial charge in [0.05, 0.1) is 5.56 Å². The standard InChI is InChI=1S/C7H7NO2.Li.H/c8-6-3-1-5(2-4-6)7(9)10;;/h1-4H,8H2,(H,9,10);;/q;+1;-1. The van der Waals surface area contributed by atoms with Crippen molar-refractivity contribution in [3.8, 4) is 0 Å². The van der Waals surface area contributed by atoms with Crippen molar-refractivity contribution in [3.63, 3.8) is 0 Å². The van der Waals surface area contributed by atoms with E-state index in [1.54, 1.807) is 12.1 Å². The molecule has 0 bridgehead atoms. The Hall–Kier alpha value is -0.913. The van der Waals surface area contributed by atoms with Crippen molar-refractivity contribution in [2.24, 2.45) is 0 Å². The van der Waals surface area contributed by atoms with Gasteiger partial charge >= 0.3 is 24.8 Å². The van der Waals surface area contributed by atoms with Crippen LogP contribution in [-0.2, 0) is 0 Å². The monoisotopic (exact) mass is 145 g/mol. The average Bonchev–Trinajstić information content (AvgIpc) is 1.88. The molecule has 0 saturated carbocycles. The van der Waals surface area contributed by atoms with Crippen LogP contribution in [0.1, 0.15) is 11.8 Å². The van der Waals surface area contributed by atoms with Crippen LogP contribution in [0.4, 0.5) is 5.69 Å². The van der Waals surface area contributed by atoms with Crippen LogP contribution in [0, 0.1) is 0 Å². The molecule has 1 aromatic rings. The SMILES string of the molecule is Nc1ccc(C(=O)O)cc1.[H-].[Li+]. The minimum atomic E-state index is -0.931. The molecule has 0 aliphatic heterocycles. The van der Waals surface area contributed by atoms with Crippen LogP contribution in [-0.4, -0.2) is 11.1 Å². The number of nitrogens with two attached hydrogens (primary N) is 1. The quantitative estimate of drug-likeness (QED) is 0.358. The summed E-state index contributed by atoms with van der Waals surface area (Å²) in [5, 5.41) is 8.43. The molecule has 11 heavy (non-hydrogen) atoms. The molecular weight excluding hydrogens is 137 g/mol. The molecule has 0 aliphatic rings. The van der Waals surface area contributed by atoms with Gasteiger partial charge in [0.1, 0.15) is 0 Å². The number of carbonyl (C=O) groups is 1. The second kappa shape index (κ2) is 4.07. The average molecular weight is 145 g/mol. The molecule has 0 aliphatic carbocycles. The van der Waals surface area contributed by atoms with Gasteiger partial charge in [0, 0.05) is 5.69 Å². The first-order valence-corrected chi connectivity index (χ1v) is 2.79. The molecule has 3 N–H and O–H groups in total. The summed E-state index contributed by atoms with van der Waals surface area (Å²) in [4.78, 5) is 10.3. The Labute approximate surface area is 77.9 Å². The van der Waals surface area contributed by atoms with Crippen molar-refractivity contribution in [3.05, 3.63) is 29.8 Å². The van der Waals surface area contributed by atoms with Gasteiger partial charge in [-0.3, -0.25) is 0 Å². The molecule has 54 valence electrons. The van der Waals surface area contributed by atoms with Crippen molar-refractivity contribution in [1.82, 2.24) is 0 Å². The normalized spacial score (nSPS) is 8.36. The third-order valence-electron chi connectivity index (χ3n) is 1.16. The molecule has 0 amide bonds. The fourth-order valence-electron chi connectivity index (χ4n) is 0.626. The van der Waals surface area contributed by atoms with Gasteiger partial charge in [-0.2, -0.15) is 0 Å². The first-order chi connectivity index (χ1) is 4.70. The maximum absolute atomic E-state index is 10.3. The van der Waals surface area contributed by atoms with E-state index in [0.29, 0.717) is 5.69 Å². The molecule has 1 aromatic carbocycles. The van der Waals surface area contributed by atoms with Gasteiger partial charge in [0.25, 0.3) is 0 Å². The van der Waals surface area contributed by atoms with E-state index in [9.17, 15) is 4.79 Å². The van der Waals surface area contributed by atoms with Gasteiger partial charge in [-0.15, -0.1) is 0 Å². The molecule has 3 nitrogen and oxygen atoms in total. The topological polar surface area (TPSA) is 63.3 Å². The molecule has 1 rings (SSSR count). The predicted octanol–water partition coefficient (Wildman–Crippen LogP) is -1.92. The summed E-state index contributed by atoms with van der Waals surface area (Å²) in [7, 11) is 0. The van der Waals surface area contributed by atoms with Crippen LogP contribution in [0.15, 0.2) is 24.3 Å². The first-order valence-electron chi connectivity index (χ1n) is 2.79. The zero-order chi connectivity index (χ0) is 7.56. The Morgan fingerprint density at radius 1 is 1.36 bits per heavy atom. The fourth-order valence-corrected chi connectivity index (χ4v) is 0.626. The summed E-state index contributed by atoms with van der Waals surface area (Å²) >= 11 is 0. The number of hydrogen-bond donors (Lipinski definition) is 2. The van der Waals surface area contributed by atoms with E-state index in [2.05, 4.69) is 0 Å². The number of anilines is 1. The number of hydrogen-bond acceptors (Lipinski definition) is 2. The number of nitrogen functional groups attached to an aromatic ring is 1. The van der Waals surface area contributed by atoms with Gasteiger partial charge in [-0.25, -0.2) is 4.79 Å².